The monoisotopic (exact) mass is 508 g/mol. The third-order valence-corrected chi connectivity index (χ3v) is 23.1. The first kappa shape index (κ1) is 30.9. The molecule has 0 aromatic carbocycles. The van der Waals surface area contributed by atoms with Crippen LogP contribution in [0.2, 0.25) is 25.2 Å². The number of carbonyl (C=O) groups is 2. The van der Waals surface area contributed by atoms with Crippen LogP contribution in [0.1, 0.15) is 26.7 Å². The predicted molar refractivity (Wildman–Crippen MR) is 129 cm³/mol. The Morgan fingerprint density at radius 2 is 1.12 bits per heavy atom. The molecule has 12 heteroatoms. The smallest absolute Gasteiger partial charge is 0.462 e. The number of ether oxygens (including phenoxy) is 2. The molecule has 0 aliphatic carbocycles. The molecular weight excluding hydrogens is 468 g/mol. The summed E-state index contributed by atoms with van der Waals surface area (Å²) in [5, 5.41) is 0. The van der Waals surface area contributed by atoms with Crippen LogP contribution in [0.15, 0.2) is 24.3 Å². The van der Waals surface area contributed by atoms with E-state index in [-0.39, 0.29) is 13.2 Å². The van der Waals surface area contributed by atoms with Crippen LogP contribution in [0.25, 0.3) is 0 Å². The maximum atomic E-state index is 11.6. The zero-order chi connectivity index (χ0) is 25.0. The molecular formula is C20H40O9Si3. The lowest BCUT2D eigenvalue weighted by atomic mass is 10.4. The fourth-order valence-electron chi connectivity index (χ4n) is 3.14. The molecule has 0 aromatic heterocycles. The van der Waals surface area contributed by atoms with Crippen molar-refractivity contribution in [3.63, 3.8) is 0 Å². The predicted octanol–water partition coefficient (Wildman–Crippen LogP) is 3.27. The van der Waals surface area contributed by atoms with E-state index in [1.54, 1.807) is 42.3 Å². The van der Waals surface area contributed by atoms with Crippen LogP contribution in [0.3, 0.4) is 0 Å². The number of hydrogen-bond acceptors (Lipinski definition) is 9. The minimum Gasteiger partial charge on any atom is -0.462 e. The maximum Gasteiger partial charge on any atom is 0.490 e. The van der Waals surface area contributed by atoms with E-state index in [0.717, 1.165) is 0 Å². The highest BCUT2D eigenvalue weighted by Gasteiger charge is 2.59. The van der Waals surface area contributed by atoms with Crippen LogP contribution < -0.4 is 0 Å². The van der Waals surface area contributed by atoms with Gasteiger partial charge in [-0.05, 0) is 45.8 Å². The van der Waals surface area contributed by atoms with Gasteiger partial charge in [0.2, 0.25) is 7.83 Å². The molecule has 0 saturated carbocycles. The van der Waals surface area contributed by atoms with Crippen LogP contribution in [-0.4, -0.2) is 78.3 Å². The molecule has 0 bridgehead atoms. The number of rotatable bonds is 17. The van der Waals surface area contributed by atoms with Gasteiger partial charge in [0, 0.05) is 45.6 Å². The SMILES string of the molecule is C=C(C)C(=O)OCCC[Si](OC)(OC)O[Si](C)(C)[Si](CCCOC(=O)C(=C)C)(OC)OC. The molecule has 0 heterocycles. The summed E-state index contributed by atoms with van der Waals surface area (Å²) in [7, 11) is -2.17. The van der Waals surface area contributed by atoms with Gasteiger partial charge in [-0.1, -0.05) is 13.2 Å². The molecule has 0 fully saturated rings. The summed E-state index contributed by atoms with van der Waals surface area (Å²) in [6, 6.07) is 1.05. The highest BCUT2D eigenvalue weighted by Crippen LogP contribution is 2.32. The first-order chi connectivity index (χ1) is 14.9. The summed E-state index contributed by atoms with van der Waals surface area (Å²) in [6.45, 7) is 14.8. The van der Waals surface area contributed by atoms with Crippen molar-refractivity contribution < 1.29 is 40.9 Å². The molecule has 186 valence electrons. The Bertz CT molecular complexity index is 644. The van der Waals surface area contributed by atoms with Crippen LogP contribution >= 0.6 is 0 Å². The lowest BCUT2D eigenvalue weighted by molar-refractivity contribution is -0.139. The minimum absolute atomic E-state index is 0.212. The van der Waals surface area contributed by atoms with Crippen LogP contribution in [0.4, 0.5) is 0 Å². The molecule has 0 saturated heterocycles. The Morgan fingerprint density at radius 3 is 1.47 bits per heavy atom. The summed E-state index contributed by atoms with van der Waals surface area (Å²) < 4.78 is 40.4. The van der Waals surface area contributed by atoms with Crippen molar-refractivity contribution in [3.05, 3.63) is 24.3 Å². The number of carbonyl (C=O) groups excluding carboxylic acids is 2. The lowest BCUT2D eigenvalue weighted by Crippen LogP contribution is -2.69. The second kappa shape index (κ2) is 14.2. The second-order valence-corrected chi connectivity index (χ2v) is 23.1. The Balaban J connectivity index is 5.25. The van der Waals surface area contributed by atoms with Gasteiger partial charge in [-0.2, -0.15) is 0 Å². The van der Waals surface area contributed by atoms with Crippen LogP contribution in [0, 0.1) is 0 Å². The minimum atomic E-state index is -3.07. The van der Waals surface area contributed by atoms with Gasteiger partial charge in [0.25, 0.3) is 0 Å². The van der Waals surface area contributed by atoms with E-state index >= 15 is 0 Å². The lowest BCUT2D eigenvalue weighted by Gasteiger charge is -2.43. The van der Waals surface area contributed by atoms with Gasteiger partial charge >= 0.3 is 28.8 Å². The van der Waals surface area contributed by atoms with Gasteiger partial charge in [0.15, 0.2) is 0 Å². The second-order valence-electron chi connectivity index (χ2n) is 7.90. The van der Waals surface area contributed by atoms with Crippen LogP contribution in [-0.2, 0) is 40.9 Å². The van der Waals surface area contributed by atoms with Crippen molar-refractivity contribution in [2.45, 2.75) is 51.9 Å². The summed E-state index contributed by atoms with van der Waals surface area (Å²) in [5.74, 6) is -0.849. The number of hydrogen-bond donors (Lipinski definition) is 0. The largest absolute Gasteiger partial charge is 0.490 e. The molecule has 0 aliphatic heterocycles. The maximum absolute atomic E-state index is 11.6. The molecule has 9 nitrogen and oxygen atoms in total. The first-order valence-electron chi connectivity index (χ1n) is 10.4. The van der Waals surface area contributed by atoms with Crippen molar-refractivity contribution in [1.29, 1.82) is 0 Å². The Kier molecular flexibility index (Phi) is 13.7. The molecule has 0 aliphatic rings. The zero-order valence-electron chi connectivity index (χ0n) is 20.8. The van der Waals surface area contributed by atoms with Gasteiger partial charge in [0.1, 0.15) is 0 Å². The fourth-order valence-corrected chi connectivity index (χ4v) is 20.0. The van der Waals surface area contributed by atoms with Gasteiger partial charge in [-0.15, -0.1) is 0 Å². The Hall–Kier alpha value is -1.13. The highest BCUT2D eigenvalue weighted by atomic mass is 29.3. The topological polar surface area (TPSA) is 98.8 Å². The van der Waals surface area contributed by atoms with Gasteiger partial charge < -0.3 is 31.3 Å². The van der Waals surface area contributed by atoms with Crippen molar-refractivity contribution in [2.24, 2.45) is 0 Å². The molecule has 0 spiro atoms. The molecule has 0 N–H and O–H groups in total. The summed E-state index contributed by atoms with van der Waals surface area (Å²) in [4.78, 5) is 23.2. The fraction of sp³-hybridized carbons (Fsp3) is 0.700. The molecule has 0 unspecified atom stereocenters. The Labute approximate surface area is 195 Å². The van der Waals surface area contributed by atoms with Crippen molar-refractivity contribution in [3.8, 4) is 0 Å². The van der Waals surface area contributed by atoms with Gasteiger partial charge in [-0.3, -0.25) is 0 Å². The van der Waals surface area contributed by atoms with E-state index in [9.17, 15) is 9.59 Å². The average Bonchev–Trinajstić information content (AvgIpc) is 2.75. The van der Waals surface area contributed by atoms with Gasteiger partial charge in [0.05, 0.1) is 13.2 Å². The van der Waals surface area contributed by atoms with E-state index in [0.29, 0.717) is 36.1 Å². The van der Waals surface area contributed by atoms with Crippen molar-refractivity contribution >= 4 is 36.7 Å². The molecule has 32 heavy (non-hydrogen) atoms. The molecule has 0 aromatic rings. The van der Waals surface area contributed by atoms with E-state index in [1.807, 2.05) is 13.1 Å². The Morgan fingerprint density at radius 1 is 0.719 bits per heavy atom. The van der Waals surface area contributed by atoms with Crippen molar-refractivity contribution in [2.75, 3.05) is 41.7 Å². The van der Waals surface area contributed by atoms with Gasteiger partial charge in [-0.25, -0.2) is 9.59 Å². The summed E-state index contributed by atoms with van der Waals surface area (Å²) in [5.41, 5.74) is 0.705. The van der Waals surface area contributed by atoms with E-state index < -0.39 is 36.7 Å². The number of esters is 2. The van der Waals surface area contributed by atoms with E-state index in [2.05, 4.69) is 13.2 Å². The third kappa shape index (κ3) is 9.02. The summed E-state index contributed by atoms with van der Waals surface area (Å²) >= 11 is 0. The quantitative estimate of drug-likeness (QED) is 0.127. The highest BCUT2D eigenvalue weighted by molar-refractivity contribution is 7.35. The summed E-state index contributed by atoms with van der Waals surface area (Å²) in [6.07, 6.45) is 1.08. The van der Waals surface area contributed by atoms with Crippen LogP contribution in [0.5, 0.6) is 0 Å². The molecule has 0 radical (unpaired) electrons. The van der Waals surface area contributed by atoms with Crippen molar-refractivity contribution in [1.82, 2.24) is 0 Å². The normalized spacial score (nSPS) is 12.4. The molecule has 0 atom stereocenters. The molecule has 0 amide bonds. The van der Waals surface area contributed by atoms with E-state index in [1.165, 1.54) is 0 Å². The first-order valence-corrected chi connectivity index (χ1v) is 18.3. The zero-order valence-corrected chi connectivity index (χ0v) is 23.8. The van der Waals surface area contributed by atoms with E-state index in [4.69, 9.17) is 31.3 Å². The standard InChI is InChI=1S/C20H40O9Si3/c1-17(2)19(21)27-13-11-15-31(23-5,24-6)29-30(9,10)32(25-7,26-8)16-12-14-28-20(22)18(3)4/h1,3,11-16H2,2,4-10H3. The average molecular weight is 509 g/mol. The third-order valence-electron chi connectivity index (χ3n) is 5.05. The molecule has 0 rings (SSSR count).